The lowest BCUT2D eigenvalue weighted by atomic mass is 10.1. The zero-order valence-electron chi connectivity index (χ0n) is 14.3. The van der Waals surface area contributed by atoms with E-state index in [1.807, 2.05) is 24.3 Å². The predicted octanol–water partition coefficient (Wildman–Crippen LogP) is 3.70. The van der Waals surface area contributed by atoms with Gasteiger partial charge in [-0.1, -0.05) is 23.7 Å². The molecule has 0 bridgehead atoms. The summed E-state index contributed by atoms with van der Waals surface area (Å²) in [6.45, 7) is 2.01. The number of nitrogens with one attached hydrogen (secondary N) is 1. The van der Waals surface area contributed by atoms with Crippen molar-refractivity contribution in [3.63, 3.8) is 0 Å². The molecule has 0 saturated carbocycles. The van der Waals surface area contributed by atoms with Crippen molar-refractivity contribution in [3.05, 3.63) is 64.4 Å². The Morgan fingerprint density at radius 3 is 2.26 bits per heavy atom. The smallest absolute Gasteiger partial charge is 0.243 e. The van der Waals surface area contributed by atoms with Gasteiger partial charge in [-0.2, -0.15) is 0 Å². The Balaban J connectivity index is 1.60. The van der Waals surface area contributed by atoms with Crippen molar-refractivity contribution in [1.82, 2.24) is 9.62 Å². The first-order valence-corrected chi connectivity index (χ1v) is 10.2. The summed E-state index contributed by atoms with van der Waals surface area (Å²) in [5, 5.41) is 0.663. The van der Waals surface area contributed by atoms with Gasteiger partial charge in [-0.05, 0) is 42.7 Å². The average molecular weight is 419 g/mol. The molecule has 1 saturated heterocycles. The van der Waals surface area contributed by atoms with Crippen LogP contribution in [0.25, 0.3) is 0 Å². The Morgan fingerprint density at radius 2 is 1.63 bits per heavy atom. The number of hydrogen-bond donors (Lipinski definition) is 1. The van der Waals surface area contributed by atoms with E-state index in [4.69, 9.17) is 11.6 Å². The third-order valence-electron chi connectivity index (χ3n) is 4.52. The molecule has 1 aliphatic heterocycles. The van der Waals surface area contributed by atoms with E-state index in [-0.39, 0.29) is 0 Å². The monoisotopic (exact) mass is 418 g/mol. The van der Waals surface area contributed by atoms with E-state index < -0.39 is 38.4 Å². The van der Waals surface area contributed by atoms with Crippen molar-refractivity contribution >= 4 is 21.6 Å². The number of sulfonamides is 1. The second kappa shape index (κ2) is 8.18. The topological polar surface area (TPSA) is 49.4 Å². The number of likely N-dealkylation sites (tertiary alicyclic amines) is 1. The standard InChI is InChI=1S/C18H18ClF3N2O2S/c19-13-3-1-12(2-4-13)11-24-9-7-14(8-10-24)23-27(25,26)16-6-5-15(20)17(21)18(16)22/h1-6,14,23H,7-11H2. The first-order chi connectivity index (χ1) is 12.8. The molecule has 0 spiro atoms. The number of halogens is 4. The van der Waals surface area contributed by atoms with Crippen molar-refractivity contribution in [2.45, 2.75) is 30.3 Å². The molecule has 0 atom stereocenters. The molecule has 0 radical (unpaired) electrons. The van der Waals surface area contributed by atoms with E-state index in [2.05, 4.69) is 9.62 Å². The molecular formula is C18H18ClF3N2O2S. The van der Waals surface area contributed by atoms with E-state index in [0.717, 1.165) is 11.6 Å². The summed E-state index contributed by atoms with van der Waals surface area (Å²) < 4.78 is 67.2. The number of rotatable bonds is 5. The van der Waals surface area contributed by atoms with Gasteiger partial charge in [0.05, 0.1) is 0 Å². The van der Waals surface area contributed by atoms with Crippen LogP contribution in [0.1, 0.15) is 18.4 Å². The van der Waals surface area contributed by atoms with Gasteiger partial charge in [0.2, 0.25) is 10.0 Å². The maximum Gasteiger partial charge on any atom is 0.243 e. The highest BCUT2D eigenvalue weighted by Crippen LogP contribution is 2.22. The van der Waals surface area contributed by atoms with Gasteiger partial charge in [-0.15, -0.1) is 0 Å². The Bertz CT molecular complexity index is 915. The van der Waals surface area contributed by atoms with Crippen molar-refractivity contribution in [2.75, 3.05) is 13.1 Å². The third-order valence-corrected chi connectivity index (χ3v) is 6.31. The molecule has 4 nitrogen and oxygen atoms in total. The van der Waals surface area contributed by atoms with Crippen LogP contribution in [0, 0.1) is 17.5 Å². The molecule has 0 aliphatic carbocycles. The van der Waals surface area contributed by atoms with E-state index in [0.29, 0.717) is 43.6 Å². The minimum absolute atomic E-state index is 0.399. The summed E-state index contributed by atoms with van der Waals surface area (Å²) in [4.78, 5) is 1.29. The fraction of sp³-hybridized carbons (Fsp3) is 0.333. The van der Waals surface area contributed by atoms with Crippen LogP contribution in [-0.2, 0) is 16.6 Å². The fourth-order valence-corrected chi connectivity index (χ4v) is 4.56. The zero-order valence-corrected chi connectivity index (χ0v) is 15.8. The van der Waals surface area contributed by atoms with Gasteiger partial charge in [-0.3, -0.25) is 4.90 Å². The second-order valence-electron chi connectivity index (χ2n) is 6.47. The molecule has 27 heavy (non-hydrogen) atoms. The summed E-state index contributed by atoms with van der Waals surface area (Å²) in [5.41, 5.74) is 1.10. The van der Waals surface area contributed by atoms with Gasteiger partial charge in [0.15, 0.2) is 17.5 Å². The summed E-state index contributed by atoms with van der Waals surface area (Å²) in [6, 6.07) is 8.42. The van der Waals surface area contributed by atoms with Gasteiger partial charge in [0.1, 0.15) is 4.90 Å². The summed E-state index contributed by atoms with van der Waals surface area (Å²) in [6.07, 6.45) is 1.05. The van der Waals surface area contributed by atoms with Crippen molar-refractivity contribution in [2.24, 2.45) is 0 Å². The summed E-state index contributed by atoms with van der Waals surface area (Å²) >= 11 is 5.87. The highest BCUT2D eigenvalue weighted by atomic mass is 35.5. The maximum absolute atomic E-state index is 13.8. The number of nitrogens with zero attached hydrogens (tertiary/aromatic N) is 1. The van der Waals surface area contributed by atoms with Crippen molar-refractivity contribution < 1.29 is 21.6 Å². The van der Waals surface area contributed by atoms with Crippen LogP contribution in [0.3, 0.4) is 0 Å². The van der Waals surface area contributed by atoms with Crippen LogP contribution in [0.5, 0.6) is 0 Å². The van der Waals surface area contributed by atoms with Gasteiger partial charge in [-0.25, -0.2) is 26.3 Å². The Labute approximate surface area is 161 Å². The molecule has 2 aromatic rings. The molecule has 146 valence electrons. The van der Waals surface area contributed by atoms with Crippen LogP contribution < -0.4 is 4.72 Å². The lowest BCUT2D eigenvalue weighted by molar-refractivity contribution is 0.200. The number of hydrogen-bond acceptors (Lipinski definition) is 3. The normalized spacial score (nSPS) is 16.6. The Morgan fingerprint density at radius 1 is 1.00 bits per heavy atom. The van der Waals surface area contributed by atoms with Crippen molar-refractivity contribution in [1.29, 1.82) is 0 Å². The molecule has 9 heteroatoms. The second-order valence-corrected chi connectivity index (χ2v) is 8.59. The quantitative estimate of drug-likeness (QED) is 0.753. The summed E-state index contributed by atoms with van der Waals surface area (Å²) in [5.74, 6) is -4.93. The number of piperidine rings is 1. The minimum Gasteiger partial charge on any atom is -0.299 e. The van der Waals surface area contributed by atoms with Crippen LogP contribution in [0.4, 0.5) is 13.2 Å². The number of benzene rings is 2. The molecular weight excluding hydrogens is 401 g/mol. The van der Waals surface area contributed by atoms with Crippen LogP contribution in [-0.4, -0.2) is 32.4 Å². The molecule has 1 heterocycles. The first kappa shape index (κ1) is 20.1. The maximum atomic E-state index is 13.8. The third kappa shape index (κ3) is 4.82. The molecule has 3 rings (SSSR count). The molecule has 0 aromatic heterocycles. The average Bonchev–Trinajstić information content (AvgIpc) is 2.63. The van der Waals surface area contributed by atoms with Crippen LogP contribution in [0.2, 0.25) is 5.02 Å². The summed E-state index contributed by atoms with van der Waals surface area (Å²) in [7, 11) is -4.28. The molecule has 2 aromatic carbocycles. The fourth-order valence-electron chi connectivity index (χ4n) is 3.06. The van der Waals surface area contributed by atoms with E-state index in [9.17, 15) is 21.6 Å². The van der Waals surface area contributed by atoms with Gasteiger partial charge < -0.3 is 0 Å². The highest BCUT2D eigenvalue weighted by Gasteiger charge is 2.28. The Hall–Kier alpha value is -1.61. The van der Waals surface area contributed by atoms with Crippen LogP contribution >= 0.6 is 11.6 Å². The van der Waals surface area contributed by atoms with E-state index >= 15 is 0 Å². The molecule has 0 amide bonds. The van der Waals surface area contributed by atoms with Crippen LogP contribution in [0.15, 0.2) is 41.3 Å². The molecule has 1 aliphatic rings. The largest absolute Gasteiger partial charge is 0.299 e. The van der Waals surface area contributed by atoms with Gasteiger partial charge in [0, 0.05) is 30.7 Å². The lowest BCUT2D eigenvalue weighted by Crippen LogP contribution is -2.44. The molecule has 1 fully saturated rings. The minimum atomic E-state index is -4.28. The first-order valence-electron chi connectivity index (χ1n) is 8.39. The zero-order chi connectivity index (χ0) is 19.6. The van der Waals surface area contributed by atoms with E-state index in [1.165, 1.54) is 0 Å². The van der Waals surface area contributed by atoms with E-state index in [1.54, 1.807) is 0 Å². The SMILES string of the molecule is O=S(=O)(NC1CCN(Cc2ccc(Cl)cc2)CC1)c1ccc(F)c(F)c1F. The lowest BCUT2D eigenvalue weighted by Gasteiger charge is -2.32. The van der Waals surface area contributed by atoms with Gasteiger partial charge >= 0.3 is 0 Å². The highest BCUT2D eigenvalue weighted by molar-refractivity contribution is 7.89. The predicted molar refractivity (Wildman–Crippen MR) is 96.4 cm³/mol. The molecule has 1 N–H and O–H groups in total. The Kier molecular flexibility index (Phi) is 6.10. The molecule has 0 unspecified atom stereocenters. The van der Waals surface area contributed by atoms with Crippen molar-refractivity contribution in [3.8, 4) is 0 Å². The van der Waals surface area contributed by atoms with Gasteiger partial charge in [0.25, 0.3) is 0 Å².